The van der Waals surface area contributed by atoms with E-state index in [2.05, 4.69) is 10.4 Å². The average molecular weight is 326 g/mol. The van der Waals surface area contributed by atoms with Crippen LogP contribution in [0.4, 0.5) is 11.5 Å². The first kappa shape index (κ1) is 15.2. The smallest absolute Gasteiger partial charge is 0.256 e. The van der Waals surface area contributed by atoms with Crippen LogP contribution in [0.15, 0.2) is 18.2 Å². The number of hydrogen-bond acceptors (Lipinski definition) is 5. The van der Waals surface area contributed by atoms with Crippen LogP contribution < -0.4 is 11.1 Å². The molecule has 0 spiro atoms. The van der Waals surface area contributed by atoms with Crippen LogP contribution >= 0.6 is 0 Å². The van der Waals surface area contributed by atoms with Gasteiger partial charge in [0.2, 0.25) is 0 Å². The first-order valence-corrected chi connectivity index (χ1v) is 8.51. The molecule has 6 nitrogen and oxygen atoms in total. The van der Waals surface area contributed by atoms with Crippen molar-refractivity contribution in [1.82, 2.24) is 9.78 Å². The number of aryl methyl sites for hydroxylation is 1. The van der Waals surface area contributed by atoms with E-state index in [-0.39, 0.29) is 11.8 Å². The summed E-state index contributed by atoms with van der Waals surface area (Å²) in [6.07, 6.45) is 2.41. The van der Waals surface area contributed by atoms with Gasteiger partial charge in [-0.15, -0.1) is 0 Å². The summed E-state index contributed by atoms with van der Waals surface area (Å²) in [6.45, 7) is 2.79. The fourth-order valence-electron chi connectivity index (χ4n) is 3.91. The van der Waals surface area contributed by atoms with Crippen molar-refractivity contribution in [1.29, 1.82) is 0 Å². The Morgan fingerprint density at radius 2 is 2.25 bits per heavy atom. The second kappa shape index (κ2) is 5.63. The Bertz CT molecular complexity index is 812. The lowest BCUT2D eigenvalue weighted by Gasteiger charge is -2.27. The van der Waals surface area contributed by atoms with Crippen molar-refractivity contribution in [3.8, 4) is 0 Å². The minimum atomic E-state index is -0.618. The summed E-state index contributed by atoms with van der Waals surface area (Å²) in [7, 11) is 0. The lowest BCUT2D eigenvalue weighted by Crippen LogP contribution is -2.28. The van der Waals surface area contributed by atoms with E-state index >= 15 is 0 Å². The number of anilines is 2. The fraction of sp³-hybridized carbons (Fsp3) is 0.444. The fourth-order valence-corrected chi connectivity index (χ4v) is 3.91. The van der Waals surface area contributed by atoms with Crippen LogP contribution in [0.1, 0.15) is 58.5 Å². The molecule has 1 aromatic heterocycles. The Kier molecular flexibility index (Phi) is 3.57. The van der Waals surface area contributed by atoms with Gasteiger partial charge in [-0.25, -0.2) is 0 Å². The second-order valence-corrected chi connectivity index (χ2v) is 6.71. The molecule has 0 saturated heterocycles. The molecule has 6 heteroatoms. The van der Waals surface area contributed by atoms with Crippen molar-refractivity contribution in [3.63, 3.8) is 0 Å². The van der Waals surface area contributed by atoms with Crippen molar-refractivity contribution in [2.45, 2.75) is 44.6 Å². The molecule has 2 aromatic rings. The average Bonchev–Trinajstić information content (AvgIpc) is 2.93. The van der Waals surface area contributed by atoms with Gasteiger partial charge in [0.1, 0.15) is 5.82 Å². The second-order valence-electron chi connectivity index (χ2n) is 6.71. The minimum Gasteiger partial charge on any atom is -0.387 e. The van der Waals surface area contributed by atoms with Gasteiger partial charge in [0.25, 0.3) is 5.91 Å². The number of aromatic nitrogens is 2. The van der Waals surface area contributed by atoms with E-state index in [0.717, 1.165) is 41.8 Å². The number of aliphatic hydroxyl groups excluding tert-OH is 1. The highest BCUT2D eigenvalue weighted by Crippen LogP contribution is 2.37. The first-order chi connectivity index (χ1) is 11.6. The standard InChI is InChI=1S/C18H22N4O2/c1-10-4-2-5-11-12(8-9-20-15(10)11)18(24)22-17(19)13-6-3-7-14(23)16(13)21-22/h2,4-5,12,14,20,23H,3,6-9,19H2,1H3. The largest absolute Gasteiger partial charge is 0.387 e. The molecule has 2 atom stereocenters. The van der Waals surface area contributed by atoms with Gasteiger partial charge >= 0.3 is 0 Å². The topological polar surface area (TPSA) is 93.2 Å². The van der Waals surface area contributed by atoms with Crippen LogP contribution in [0.25, 0.3) is 0 Å². The van der Waals surface area contributed by atoms with Crippen molar-refractivity contribution >= 4 is 17.4 Å². The Labute approximate surface area is 140 Å². The number of para-hydroxylation sites is 1. The number of nitrogens with two attached hydrogens (primary N) is 1. The lowest BCUT2D eigenvalue weighted by atomic mass is 9.88. The van der Waals surface area contributed by atoms with Crippen molar-refractivity contribution in [2.75, 3.05) is 17.6 Å². The Hall–Kier alpha value is -2.34. The predicted octanol–water partition coefficient (Wildman–Crippen LogP) is 2.38. The zero-order valence-corrected chi connectivity index (χ0v) is 13.7. The molecule has 4 rings (SSSR count). The van der Waals surface area contributed by atoms with Gasteiger partial charge in [0.15, 0.2) is 0 Å². The molecule has 2 unspecified atom stereocenters. The molecule has 0 radical (unpaired) electrons. The number of aliphatic hydroxyl groups is 1. The quantitative estimate of drug-likeness (QED) is 0.748. The predicted molar refractivity (Wildman–Crippen MR) is 92.2 cm³/mol. The maximum absolute atomic E-state index is 13.1. The summed E-state index contributed by atoms with van der Waals surface area (Å²) in [5.41, 5.74) is 10.8. The molecule has 1 aromatic carbocycles. The van der Waals surface area contributed by atoms with Gasteiger partial charge in [-0.2, -0.15) is 9.78 Å². The summed E-state index contributed by atoms with van der Waals surface area (Å²) in [6, 6.07) is 6.00. The number of hydrogen-bond donors (Lipinski definition) is 3. The maximum atomic E-state index is 13.1. The highest BCUT2D eigenvalue weighted by atomic mass is 16.3. The molecule has 0 saturated carbocycles. The summed E-state index contributed by atoms with van der Waals surface area (Å²) in [5, 5.41) is 17.9. The van der Waals surface area contributed by atoms with Gasteiger partial charge in [0, 0.05) is 17.8 Å². The normalized spacial score (nSPS) is 22.4. The summed E-state index contributed by atoms with van der Waals surface area (Å²) in [5.74, 6) is 0.0193. The molecule has 1 aliphatic carbocycles. The van der Waals surface area contributed by atoms with E-state index in [1.165, 1.54) is 4.68 Å². The van der Waals surface area contributed by atoms with Gasteiger partial charge in [-0.1, -0.05) is 18.2 Å². The number of carbonyl (C=O) groups excluding carboxylic acids is 1. The lowest BCUT2D eigenvalue weighted by molar-refractivity contribution is 0.0856. The summed E-state index contributed by atoms with van der Waals surface area (Å²) >= 11 is 0. The SMILES string of the molecule is Cc1cccc2c1NCCC2C(=O)n1nc2c(c1N)CCCC2O. The van der Waals surface area contributed by atoms with Crippen molar-refractivity contribution in [2.24, 2.45) is 0 Å². The third-order valence-electron chi connectivity index (χ3n) is 5.20. The molecule has 0 bridgehead atoms. The number of benzene rings is 1. The Balaban J connectivity index is 1.75. The molecular formula is C18H22N4O2. The molecule has 24 heavy (non-hydrogen) atoms. The van der Waals surface area contributed by atoms with E-state index in [1.54, 1.807) is 0 Å². The van der Waals surface area contributed by atoms with Gasteiger partial charge < -0.3 is 16.2 Å². The molecule has 0 amide bonds. The van der Waals surface area contributed by atoms with E-state index in [1.807, 2.05) is 25.1 Å². The van der Waals surface area contributed by atoms with Gasteiger partial charge in [0.05, 0.1) is 17.7 Å². The highest BCUT2D eigenvalue weighted by molar-refractivity contribution is 5.90. The van der Waals surface area contributed by atoms with Gasteiger partial charge in [-0.3, -0.25) is 4.79 Å². The summed E-state index contributed by atoms with van der Waals surface area (Å²) in [4.78, 5) is 13.1. The summed E-state index contributed by atoms with van der Waals surface area (Å²) < 4.78 is 1.32. The van der Waals surface area contributed by atoms with Crippen molar-refractivity contribution in [3.05, 3.63) is 40.6 Å². The number of nitrogens with one attached hydrogen (secondary N) is 1. The highest BCUT2D eigenvalue weighted by Gasteiger charge is 2.33. The zero-order valence-electron chi connectivity index (χ0n) is 13.7. The number of fused-ring (bicyclic) bond motifs is 2. The zero-order chi connectivity index (χ0) is 16.8. The van der Waals surface area contributed by atoms with Crippen LogP contribution in [0.3, 0.4) is 0 Å². The number of nitrogens with zero attached hydrogens (tertiary/aromatic N) is 2. The third kappa shape index (κ3) is 2.21. The monoisotopic (exact) mass is 326 g/mol. The van der Waals surface area contributed by atoms with E-state index in [4.69, 9.17) is 5.73 Å². The van der Waals surface area contributed by atoms with Crippen LogP contribution in [-0.2, 0) is 6.42 Å². The van der Waals surface area contributed by atoms with Gasteiger partial charge in [-0.05, 0) is 43.7 Å². The van der Waals surface area contributed by atoms with Crippen LogP contribution in [0.5, 0.6) is 0 Å². The first-order valence-electron chi connectivity index (χ1n) is 8.51. The Morgan fingerprint density at radius 3 is 3.04 bits per heavy atom. The maximum Gasteiger partial charge on any atom is 0.256 e. The van der Waals surface area contributed by atoms with Crippen LogP contribution in [-0.4, -0.2) is 27.3 Å². The molecule has 2 aliphatic rings. The third-order valence-corrected chi connectivity index (χ3v) is 5.20. The molecule has 1 aliphatic heterocycles. The van der Waals surface area contributed by atoms with E-state index < -0.39 is 6.10 Å². The molecular weight excluding hydrogens is 304 g/mol. The minimum absolute atomic E-state index is 0.109. The van der Waals surface area contributed by atoms with Crippen LogP contribution in [0.2, 0.25) is 0 Å². The van der Waals surface area contributed by atoms with E-state index in [9.17, 15) is 9.90 Å². The van der Waals surface area contributed by atoms with Crippen LogP contribution in [0, 0.1) is 6.92 Å². The molecule has 2 heterocycles. The van der Waals surface area contributed by atoms with Crippen molar-refractivity contribution < 1.29 is 9.90 Å². The number of rotatable bonds is 1. The Morgan fingerprint density at radius 1 is 1.42 bits per heavy atom. The van der Waals surface area contributed by atoms with E-state index in [0.29, 0.717) is 24.4 Å². The molecule has 126 valence electrons. The molecule has 4 N–H and O–H groups in total. The number of nitrogen functional groups attached to an aromatic ring is 1. The number of carbonyl (C=O) groups is 1. The molecule has 0 fully saturated rings.